The molecular weight excluding hydrogens is 140 g/mol. The lowest BCUT2D eigenvalue weighted by molar-refractivity contribution is 0.0882. The van der Waals surface area contributed by atoms with Crippen LogP contribution >= 0.6 is 0 Å². The van der Waals surface area contributed by atoms with Gasteiger partial charge in [0.25, 0.3) is 0 Å². The van der Waals surface area contributed by atoms with Crippen molar-refractivity contribution in [3.8, 4) is 12.3 Å². The first-order valence-corrected chi connectivity index (χ1v) is 3.67. The van der Waals surface area contributed by atoms with Crippen LogP contribution in [0.15, 0.2) is 11.1 Å². The Bertz CT molecular complexity index is 222. The Hall–Kier alpha value is -0.780. The van der Waals surface area contributed by atoms with Gasteiger partial charge in [-0.15, -0.1) is 6.42 Å². The van der Waals surface area contributed by atoms with Gasteiger partial charge in [-0.05, 0) is 12.5 Å². The second kappa shape index (κ2) is 3.08. The van der Waals surface area contributed by atoms with Gasteiger partial charge in [0.05, 0.1) is 12.2 Å². The summed E-state index contributed by atoms with van der Waals surface area (Å²) in [6.45, 7) is 1.81. The molecule has 0 aromatic carbocycles. The molecule has 1 aliphatic rings. The molecule has 2 heteroatoms. The number of rotatable bonds is 0. The van der Waals surface area contributed by atoms with Crippen LogP contribution in [0.3, 0.4) is 0 Å². The molecule has 0 spiro atoms. The van der Waals surface area contributed by atoms with Gasteiger partial charge in [0.15, 0.2) is 0 Å². The number of hydrogen-bond acceptors (Lipinski definition) is 2. The van der Waals surface area contributed by atoms with E-state index >= 15 is 0 Å². The van der Waals surface area contributed by atoms with Gasteiger partial charge in [0, 0.05) is 18.4 Å². The number of terminal acetylenes is 1. The summed E-state index contributed by atoms with van der Waals surface area (Å²) in [5.41, 5.74) is 1.58. The lowest BCUT2D eigenvalue weighted by Gasteiger charge is -2.23. The Morgan fingerprint density at radius 1 is 1.55 bits per heavy atom. The topological polar surface area (TPSA) is 40.5 Å². The van der Waals surface area contributed by atoms with Gasteiger partial charge in [-0.1, -0.05) is 5.92 Å². The van der Waals surface area contributed by atoms with Gasteiger partial charge in [0.1, 0.15) is 0 Å². The van der Waals surface area contributed by atoms with Crippen molar-refractivity contribution in [2.75, 3.05) is 0 Å². The lowest BCUT2D eigenvalue weighted by Crippen LogP contribution is -2.25. The molecule has 0 saturated carbocycles. The molecule has 0 fully saturated rings. The molecule has 0 aliphatic heterocycles. The van der Waals surface area contributed by atoms with E-state index in [0.717, 1.165) is 11.1 Å². The maximum absolute atomic E-state index is 9.34. The molecule has 1 aliphatic carbocycles. The van der Waals surface area contributed by atoms with Gasteiger partial charge in [0.2, 0.25) is 0 Å². The van der Waals surface area contributed by atoms with Crippen LogP contribution < -0.4 is 0 Å². The van der Waals surface area contributed by atoms with E-state index in [4.69, 9.17) is 6.42 Å². The van der Waals surface area contributed by atoms with Crippen LogP contribution in [0.1, 0.15) is 19.8 Å². The third kappa shape index (κ3) is 1.62. The van der Waals surface area contributed by atoms with Gasteiger partial charge in [-0.25, -0.2) is 0 Å². The molecule has 0 radical (unpaired) electrons. The van der Waals surface area contributed by atoms with Crippen molar-refractivity contribution in [2.45, 2.75) is 32.0 Å². The van der Waals surface area contributed by atoms with Gasteiger partial charge < -0.3 is 10.2 Å². The fourth-order valence-electron chi connectivity index (χ4n) is 1.29. The molecule has 1 rings (SSSR count). The van der Waals surface area contributed by atoms with E-state index in [9.17, 15) is 10.2 Å². The maximum atomic E-state index is 9.34. The second-order valence-electron chi connectivity index (χ2n) is 2.92. The molecule has 60 valence electrons. The average molecular weight is 152 g/mol. The molecule has 2 nitrogen and oxygen atoms in total. The summed E-state index contributed by atoms with van der Waals surface area (Å²) in [6.07, 6.45) is 5.09. The molecule has 0 unspecified atom stereocenters. The molecule has 0 aromatic heterocycles. The summed E-state index contributed by atoms with van der Waals surface area (Å²) in [5.74, 6) is 2.47. The molecule has 0 heterocycles. The van der Waals surface area contributed by atoms with Crippen molar-refractivity contribution in [1.29, 1.82) is 0 Å². The summed E-state index contributed by atoms with van der Waals surface area (Å²) in [7, 11) is 0. The zero-order valence-electron chi connectivity index (χ0n) is 6.54. The second-order valence-corrected chi connectivity index (χ2v) is 2.92. The van der Waals surface area contributed by atoms with Crippen molar-refractivity contribution in [3.63, 3.8) is 0 Å². The van der Waals surface area contributed by atoms with Crippen LogP contribution in [0.4, 0.5) is 0 Å². The predicted molar refractivity (Wildman–Crippen MR) is 42.8 cm³/mol. The van der Waals surface area contributed by atoms with Crippen molar-refractivity contribution < 1.29 is 10.2 Å². The summed E-state index contributed by atoms with van der Waals surface area (Å²) < 4.78 is 0. The Kier molecular flexibility index (Phi) is 2.33. The van der Waals surface area contributed by atoms with Crippen molar-refractivity contribution in [1.82, 2.24) is 0 Å². The highest BCUT2D eigenvalue weighted by Gasteiger charge is 2.22. The van der Waals surface area contributed by atoms with Gasteiger partial charge in [-0.2, -0.15) is 0 Å². The zero-order valence-corrected chi connectivity index (χ0v) is 6.54. The van der Waals surface area contributed by atoms with E-state index in [1.807, 2.05) is 6.92 Å². The van der Waals surface area contributed by atoms with E-state index < -0.39 is 12.2 Å². The zero-order chi connectivity index (χ0) is 8.43. The highest BCUT2D eigenvalue weighted by molar-refractivity contribution is 5.34. The third-order valence-corrected chi connectivity index (χ3v) is 2.09. The van der Waals surface area contributed by atoms with E-state index in [2.05, 4.69) is 5.92 Å². The highest BCUT2D eigenvalue weighted by atomic mass is 16.3. The van der Waals surface area contributed by atoms with Crippen LogP contribution in [-0.4, -0.2) is 22.4 Å². The SMILES string of the molecule is C#CC1=C(C)[C@@H](O)C[C@@H](O)C1. The Labute approximate surface area is 66.6 Å². The fraction of sp³-hybridized carbons (Fsp3) is 0.556. The van der Waals surface area contributed by atoms with Gasteiger partial charge in [-0.3, -0.25) is 0 Å². The minimum atomic E-state index is -0.551. The number of aliphatic hydroxyl groups is 2. The molecule has 2 atom stereocenters. The Morgan fingerprint density at radius 2 is 2.18 bits per heavy atom. The van der Waals surface area contributed by atoms with Crippen molar-refractivity contribution in [3.05, 3.63) is 11.1 Å². The minimum Gasteiger partial charge on any atom is -0.393 e. The molecule has 11 heavy (non-hydrogen) atoms. The lowest BCUT2D eigenvalue weighted by atomic mass is 9.89. The molecule has 0 amide bonds. The van der Waals surface area contributed by atoms with Crippen LogP contribution in [0.2, 0.25) is 0 Å². The summed E-state index contributed by atoms with van der Waals surface area (Å²) in [5, 5.41) is 18.5. The summed E-state index contributed by atoms with van der Waals surface area (Å²) in [4.78, 5) is 0. The average Bonchev–Trinajstić information content (AvgIpc) is 1.96. The first kappa shape index (κ1) is 8.32. The summed E-state index contributed by atoms with van der Waals surface area (Å²) in [6, 6.07) is 0. The van der Waals surface area contributed by atoms with E-state index in [1.165, 1.54) is 0 Å². The van der Waals surface area contributed by atoms with E-state index in [-0.39, 0.29) is 0 Å². The van der Waals surface area contributed by atoms with Crippen LogP contribution in [0.5, 0.6) is 0 Å². The van der Waals surface area contributed by atoms with E-state index in [1.54, 1.807) is 0 Å². The van der Waals surface area contributed by atoms with Gasteiger partial charge >= 0.3 is 0 Å². The van der Waals surface area contributed by atoms with Crippen LogP contribution in [0, 0.1) is 12.3 Å². The van der Waals surface area contributed by atoms with Crippen LogP contribution in [-0.2, 0) is 0 Å². The molecular formula is C9H12O2. The monoisotopic (exact) mass is 152 g/mol. The fourth-order valence-corrected chi connectivity index (χ4v) is 1.29. The summed E-state index contributed by atoms with van der Waals surface area (Å²) >= 11 is 0. The smallest absolute Gasteiger partial charge is 0.0784 e. The van der Waals surface area contributed by atoms with Crippen molar-refractivity contribution in [2.24, 2.45) is 0 Å². The minimum absolute atomic E-state index is 0.414. The quantitative estimate of drug-likeness (QED) is 0.495. The van der Waals surface area contributed by atoms with Crippen molar-refractivity contribution >= 4 is 0 Å². The Balaban J connectivity index is 2.88. The highest BCUT2D eigenvalue weighted by Crippen LogP contribution is 2.24. The maximum Gasteiger partial charge on any atom is 0.0784 e. The molecule has 2 N–H and O–H groups in total. The third-order valence-electron chi connectivity index (χ3n) is 2.09. The largest absolute Gasteiger partial charge is 0.393 e. The normalized spacial score (nSPS) is 31.8. The standard InChI is InChI=1S/C9H12O2/c1-3-7-4-8(10)5-9(11)6(7)2/h1,8-11H,4-5H2,2H3/t8-,9-/m0/s1. The number of hydrogen-bond donors (Lipinski definition) is 2. The molecule has 0 aromatic rings. The Morgan fingerprint density at radius 3 is 2.73 bits per heavy atom. The first-order valence-electron chi connectivity index (χ1n) is 3.67. The first-order chi connectivity index (χ1) is 5.15. The molecule has 0 bridgehead atoms. The van der Waals surface area contributed by atoms with E-state index in [0.29, 0.717) is 12.8 Å². The van der Waals surface area contributed by atoms with Crippen LogP contribution in [0.25, 0.3) is 0 Å². The predicted octanol–water partition coefficient (Wildman–Crippen LogP) is 0.452. The molecule has 0 saturated heterocycles. The number of aliphatic hydroxyl groups excluding tert-OH is 2.